The van der Waals surface area contributed by atoms with Crippen LogP contribution in [0.2, 0.25) is 0 Å². The molecule has 92 valence electrons. The van der Waals surface area contributed by atoms with Gasteiger partial charge >= 0.3 is 0 Å². The van der Waals surface area contributed by atoms with E-state index in [1.807, 2.05) is 0 Å². The van der Waals surface area contributed by atoms with Crippen molar-refractivity contribution in [2.75, 3.05) is 0 Å². The second-order valence-corrected chi connectivity index (χ2v) is 7.32. The zero-order chi connectivity index (χ0) is 11.5. The number of hydrogen-bond acceptors (Lipinski definition) is 1. The highest BCUT2D eigenvalue weighted by molar-refractivity contribution is 5.08. The van der Waals surface area contributed by atoms with E-state index >= 15 is 0 Å². The fourth-order valence-corrected chi connectivity index (χ4v) is 5.20. The quantitative estimate of drug-likeness (QED) is 0.665. The maximum absolute atomic E-state index is 10.4. The molecular formula is C15H26O. The van der Waals surface area contributed by atoms with Crippen molar-refractivity contribution in [3.8, 4) is 0 Å². The average molecular weight is 222 g/mol. The highest BCUT2D eigenvalue weighted by Gasteiger charge is 2.60. The first-order valence-electron chi connectivity index (χ1n) is 7.20. The van der Waals surface area contributed by atoms with Crippen LogP contribution in [0.4, 0.5) is 0 Å². The average Bonchev–Trinajstić information content (AvgIpc) is 2.17. The highest BCUT2D eigenvalue weighted by atomic mass is 16.3. The summed E-state index contributed by atoms with van der Waals surface area (Å²) in [7, 11) is 0. The molecule has 3 fully saturated rings. The zero-order valence-electron chi connectivity index (χ0n) is 10.9. The minimum absolute atomic E-state index is 0.00412. The zero-order valence-corrected chi connectivity index (χ0v) is 10.9. The van der Waals surface area contributed by atoms with E-state index in [9.17, 15) is 5.11 Å². The Balaban J connectivity index is 1.85. The molecule has 0 bridgehead atoms. The number of rotatable bonds is 0. The van der Waals surface area contributed by atoms with Crippen molar-refractivity contribution in [1.29, 1.82) is 0 Å². The summed E-state index contributed by atoms with van der Waals surface area (Å²) in [4.78, 5) is 0. The van der Waals surface area contributed by atoms with Gasteiger partial charge in [0.25, 0.3) is 0 Å². The van der Waals surface area contributed by atoms with Crippen molar-refractivity contribution in [1.82, 2.24) is 0 Å². The summed E-state index contributed by atoms with van der Waals surface area (Å²) in [5.41, 5.74) is 0.350. The molecule has 3 aliphatic carbocycles. The topological polar surface area (TPSA) is 20.2 Å². The molecule has 0 radical (unpaired) electrons. The molecule has 5 unspecified atom stereocenters. The summed E-state index contributed by atoms with van der Waals surface area (Å²) in [6, 6.07) is 0. The van der Waals surface area contributed by atoms with Crippen LogP contribution in [0.25, 0.3) is 0 Å². The smallest absolute Gasteiger partial charge is 0.0579 e. The van der Waals surface area contributed by atoms with Crippen molar-refractivity contribution in [3.63, 3.8) is 0 Å². The minimum atomic E-state index is -0.00412. The maximum atomic E-state index is 10.4. The van der Waals surface area contributed by atoms with Crippen LogP contribution in [0, 0.1) is 35.0 Å². The minimum Gasteiger partial charge on any atom is -0.393 e. The van der Waals surface area contributed by atoms with Crippen molar-refractivity contribution in [2.24, 2.45) is 35.0 Å². The van der Waals surface area contributed by atoms with E-state index < -0.39 is 0 Å². The summed E-state index contributed by atoms with van der Waals surface area (Å²) in [6.45, 7) is 7.15. The second-order valence-electron chi connectivity index (χ2n) is 7.32. The van der Waals surface area contributed by atoms with Gasteiger partial charge in [-0.2, -0.15) is 0 Å². The second kappa shape index (κ2) is 3.48. The van der Waals surface area contributed by atoms with Crippen LogP contribution in [-0.2, 0) is 0 Å². The van der Waals surface area contributed by atoms with Crippen molar-refractivity contribution >= 4 is 0 Å². The van der Waals surface area contributed by atoms with Crippen molar-refractivity contribution in [2.45, 2.75) is 59.0 Å². The summed E-state index contributed by atoms with van der Waals surface area (Å²) >= 11 is 0. The molecule has 0 amide bonds. The van der Waals surface area contributed by atoms with Gasteiger partial charge in [-0.3, -0.25) is 0 Å². The van der Waals surface area contributed by atoms with Gasteiger partial charge in [0.15, 0.2) is 0 Å². The molecule has 1 heteroatoms. The predicted molar refractivity (Wildman–Crippen MR) is 66.0 cm³/mol. The molecule has 1 N–H and O–H groups in total. The van der Waals surface area contributed by atoms with Crippen LogP contribution in [-0.4, -0.2) is 11.2 Å². The van der Waals surface area contributed by atoms with Crippen LogP contribution >= 0.6 is 0 Å². The first-order valence-corrected chi connectivity index (χ1v) is 7.20. The van der Waals surface area contributed by atoms with E-state index in [0.717, 1.165) is 30.1 Å². The monoisotopic (exact) mass is 222 g/mol. The van der Waals surface area contributed by atoms with E-state index in [0.29, 0.717) is 11.3 Å². The lowest BCUT2D eigenvalue weighted by molar-refractivity contribution is -0.197. The van der Waals surface area contributed by atoms with Gasteiger partial charge in [0.2, 0.25) is 0 Å². The lowest BCUT2D eigenvalue weighted by Crippen LogP contribution is -2.61. The lowest BCUT2D eigenvalue weighted by Gasteiger charge is -2.64. The number of hydrogen-bond donors (Lipinski definition) is 1. The van der Waals surface area contributed by atoms with E-state index in [4.69, 9.17) is 0 Å². The Bertz CT molecular complexity index is 283. The summed E-state index contributed by atoms with van der Waals surface area (Å²) in [5.74, 6) is 4.15. The Kier molecular flexibility index (Phi) is 2.41. The normalized spacial score (nSPS) is 54.8. The molecule has 0 aromatic carbocycles. The van der Waals surface area contributed by atoms with Crippen LogP contribution in [0.1, 0.15) is 52.9 Å². The standard InChI is InChI=1S/C15H26O/c1-9-13-10-6-4-5-7-11(10)14(13)12(16)8-15(9,2)3/h9-14,16H,4-8H2,1-3H3/t9-,10?,11?,12?,13?,14?/m1/s1. The third kappa shape index (κ3) is 1.33. The molecule has 0 aliphatic heterocycles. The molecule has 3 rings (SSSR count). The lowest BCUT2D eigenvalue weighted by atomic mass is 9.41. The molecule has 0 spiro atoms. The van der Waals surface area contributed by atoms with Crippen LogP contribution in [0.15, 0.2) is 0 Å². The fourth-order valence-electron chi connectivity index (χ4n) is 5.20. The number of aliphatic hydroxyl groups excluding tert-OH is 1. The Hall–Kier alpha value is -0.0400. The Morgan fingerprint density at radius 3 is 2.19 bits per heavy atom. The van der Waals surface area contributed by atoms with Gasteiger partial charge in [0.1, 0.15) is 0 Å². The largest absolute Gasteiger partial charge is 0.393 e. The molecule has 3 saturated carbocycles. The molecule has 1 nitrogen and oxygen atoms in total. The number of aliphatic hydroxyl groups is 1. The van der Waals surface area contributed by atoms with Crippen molar-refractivity contribution < 1.29 is 5.11 Å². The molecule has 0 saturated heterocycles. The van der Waals surface area contributed by atoms with Crippen LogP contribution < -0.4 is 0 Å². The van der Waals surface area contributed by atoms with Gasteiger partial charge in [-0.05, 0) is 54.3 Å². The highest BCUT2D eigenvalue weighted by Crippen LogP contribution is 2.64. The van der Waals surface area contributed by atoms with Crippen molar-refractivity contribution in [3.05, 3.63) is 0 Å². The van der Waals surface area contributed by atoms with Gasteiger partial charge in [0.05, 0.1) is 6.10 Å². The third-order valence-corrected chi connectivity index (χ3v) is 6.30. The maximum Gasteiger partial charge on any atom is 0.0579 e. The molecule has 16 heavy (non-hydrogen) atoms. The van der Waals surface area contributed by atoms with E-state index in [2.05, 4.69) is 20.8 Å². The first-order chi connectivity index (χ1) is 7.52. The van der Waals surface area contributed by atoms with Gasteiger partial charge in [0, 0.05) is 0 Å². The third-order valence-electron chi connectivity index (χ3n) is 6.30. The van der Waals surface area contributed by atoms with Crippen LogP contribution in [0.5, 0.6) is 0 Å². The first kappa shape index (κ1) is 11.1. The summed E-state index contributed by atoms with van der Waals surface area (Å²) in [5, 5.41) is 10.4. The molecule has 3 aliphatic rings. The fraction of sp³-hybridized carbons (Fsp3) is 1.00. The Morgan fingerprint density at radius 2 is 1.56 bits per heavy atom. The van der Waals surface area contributed by atoms with Gasteiger partial charge in [-0.1, -0.05) is 33.6 Å². The molecule has 6 atom stereocenters. The van der Waals surface area contributed by atoms with E-state index in [1.54, 1.807) is 0 Å². The van der Waals surface area contributed by atoms with E-state index in [1.165, 1.54) is 25.7 Å². The van der Waals surface area contributed by atoms with Gasteiger partial charge in [-0.25, -0.2) is 0 Å². The summed E-state index contributed by atoms with van der Waals surface area (Å²) in [6.07, 6.45) is 6.71. The van der Waals surface area contributed by atoms with E-state index in [-0.39, 0.29) is 6.10 Å². The predicted octanol–water partition coefficient (Wildman–Crippen LogP) is 3.47. The Morgan fingerprint density at radius 1 is 1.00 bits per heavy atom. The van der Waals surface area contributed by atoms with Gasteiger partial charge < -0.3 is 5.11 Å². The molecule has 0 heterocycles. The Labute approximate surface area is 99.6 Å². The molecule has 0 aromatic rings. The SMILES string of the molecule is C[C@@H]1C2C3CCCCC3C2C(O)CC1(C)C. The molecular weight excluding hydrogens is 196 g/mol. The molecule has 0 aromatic heterocycles. The number of fused-ring (bicyclic) bond motifs is 4. The van der Waals surface area contributed by atoms with Crippen LogP contribution in [0.3, 0.4) is 0 Å². The van der Waals surface area contributed by atoms with Gasteiger partial charge in [-0.15, -0.1) is 0 Å². The summed E-state index contributed by atoms with van der Waals surface area (Å²) < 4.78 is 0.